The van der Waals surface area contributed by atoms with Crippen molar-refractivity contribution in [3.63, 3.8) is 0 Å². The lowest BCUT2D eigenvalue weighted by atomic mass is 10.2. The van der Waals surface area contributed by atoms with Gasteiger partial charge in [-0.1, -0.05) is 35.5 Å². The van der Waals surface area contributed by atoms with E-state index in [1.807, 2.05) is 41.2 Å². The van der Waals surface area contributed by atoms with Crippen molar-refractivity contribution in [2.24, 2.45) is 0 Å². The molecule has 6 heteroatoms. The lowest BCUT2D eigenvalue weighted by Crippen LogP contribution is -2.35. The third kappa shape index (κ3) is 3.35. The SMILES string of the molecule is Cc1cnn(CC2CCCN2C(C)c2nc(-c3ccccc3)no2)c1. The Balaban J connectivity index is 1.50. The molecule has 2 aromatic heterocycles. The number of hydrogen-bond donors (Lipinski definition) is 0. The van der Waals surface area contributed by atoms with E-state index >= 15 is 0 Å². The molecule has 3 aromatic rings. The van der Waals surface area contributed by atoms with Crippen LogP contribution in [0.2, 0.25) is 0 Å². The molecule has 4 rings (SSSR count). The normalized spacial score (nSPS) is 19.4. The van der Waals surface area contributed by atoms with Crippen molar-refractivity contribution >= 4 is 0 Å². The van der Waals surface area contributed by atoms with Crippen molar-refractivity contribution in [2.45, 2.75) is 45.3 Å². The fourth-order valence-corrected chi connectivity index (χ4v) is 3.60. The molecule has 2 unspecified atom stereocenters. The van der Waals surface area contributed by atoms with Gasteiger partial charge in [0.05, 0.1) is 18.8 Å². The Hall–Kier alpha value is -2.47. The molecule has 0 aliphatic carbocycles. The summed E-state index contributed by atoms with van der Waals surface area (Å²) in [6, 6.07) is 10.5. The molecule has 130 valence electrons. The van der Waals surface area contributed by atoms with Gasteiger partial charge >= 0.3 is 0 Å². The Labute approximate surface area is 147 Å². The summed E-state index contributed by atoms with van der Waals surface area (Å²) in [5, 5.41) is 8.59. The highest BCUT2D eigenvalue weighted by Gasteiger charge is 2.32. The van der Waals surface area contributed by atoms with Crippen LogP contribution in [0.4, 0.5) is 0 Å². The number of rotatable bonds is 5. The first-order chi connectivity index (χ1) is 12.2. The first kappa shape index (κ1) is 16.0. The molecule has 2 atom stereocenters. The van der Waals surface area contributed by atoms with Gasteiger partial charge in [-0.2, -0.15) is 10.1 Å². The van der Waals surface area contributed by atoms with Gasteiger partial charge < -0.3 is 4.52 Å². The van der Waals surface area contributed by atoms with Crippen molar-refractivity contribution < 1.29 is 4.52 Å². The first-order valence-corrected chi connectivity index (χ1v) is 8.84. The van der Waals surface area contributed by atoms with Gasteiger partial charge in [-0.3, -0.25) is 9.58 Å². The number of likely N-dealkylation sites (tertiary alicyclic amines) is 1. The molecule has 1 aromatic carbocycles. The lowest BCUT2D eigenvalue weighted by Gasteiger charge is -2.28. The number of aromatic nitrogens is 4. The quantitative estimate of drug-likeness (QED) is 0.713. The highest BCUT2D eigenvalue weighted by molar-refractivity contribution is 5.53. The maximum absolute atomic E-state index is 5.57. The third-order valence-corrected chi connectivity index (χ3v) is 4.91. The molecule has 1 aliphatic heterocycles. The molecule has 0 N–H and O–H groups in total. The Kier molecular flexibility index (Phi) is 4.36. The number of aryl methyl sites for hydroxylation is 1. The van der Waals surface area contributed by atoms with Gasteiger partial charge in [0, 0.05) is 17.8 Å². The Morgan fingerprint density at radius 2 is 2.12 bits per heavy atom. The second kappa shape index (κ2) is 6.80. The van der Waals surface area contributed by atoms with Crippen molar-refractivity contribution in [1.29, 1.82) is 0 Å². The van der Waals surface area contributed by atoms with Crippen LogP contribution in [0.25, 0.3) is 11.4 Å². The van der Waals surface area contributed by atoms with Crippen LogP contribution in [0.15, 0.2) is 47.2 Å². The van der Waals surface area contributed by atoms with Crippen LogP contribution in [0.5, 0.6) is 0 Å². The molecule has 0 spiro atoms. The Morgan fingerprint density at radius 3 is 2.88 bits per heavy atom. The van der Waals surface area contributed by atoms with Crippen LogP contribution in [-0.2, 0) is 6.54 Å². The van der Waals surface area contributed by atoms with Gasteiger partial charge in [0.25, 0.3) is 0 Å². The summed E-state index contributed by atoms with van der Waals surface area (Å²) in [6.45, 7) is 6.17. The van der Waals surface area contributed by atoms with Crippen LogP contribution in [0, 0.1) is 6.92 Å². The second-order valence-corrected chi connectivity index (χ2v) is 6.77. The zero-order valence-electron chi connectivity index (χ0n) is 14.7. The standard InChI is InChI=1S/C19H23N5O/c1-14-11-20-23(12-14)13-17-9-6-10-24(17)15(2)19-21-18(22-25-19)16-7-4-3-5-8-16/h3-5,7-8,11-12,15,17H,6,9-10,13H2,1-2H3. The third-order valence-electron chi connectivity index (χ3n) is 4.91. The summed E-state index contributed by atoms with van der Waals surface area (Å²) in [5.41, 5.74) is 2.18. The van der Waals surface area contributed by atoms with Crippen LogP contribution in [0.3, 0.4) is 0 Å². The van der Waals surface area contributed by atoms with Crippen LogP contribution in [0.1, 0.15) is 37.3 Å². The van der Waals surface area contributed by atoms with Crippen molar-refractivity contribution in [3.8, 4) is 11.4 Å². The fourth-order valence-electron chi connectivity index (χ4n) is 3.60. The van der Waals surface area contributed by atoms with E-state index in [2.05, 4.69) is 40.2 Å². The lowest BCUT2D eigenvalue weighted by molar-refractivity contribution is 0.144. The molecule has 1 saturated heterocycles. The molecular formula is C19H23N5O. The molecule has 0 amide bonds. The Bertz CT molecular complexity index is 825. The number of benzene rings is 1. The molecule has 1 fully saturated rings. The van der Waals surface area contributed by atoms with Gasteiger partial charge in [0.2, 0.25) is 11.7 Å². The average molecular weight is 337 g/mol. The summed E-state index contributed by atoms with van der Waals surface area (Å²) in [6.07, 6.45) is 6.37. The van der Waals surface area contributed by atoms with Crippen LogP contribution < -0.4 is 0 Å². The predicted octanol–water partition coefficient (Wildman–Crippen LogP) is 3.47. The summed E-state index contributed by atoms with van der Waals surface area (Å²) in [7, 11) is 0. The highest BCUT2D eigenvalue weighted by atomic mass is 16.5. The Morgan fingerprint density at radius 1 is 1.28 bits per heavy atom. The molecule has 25 heavy (non-hydrogen) atoms. The van der Waals surface area contributed by atoms with E-state index < -0.39 is 0 Å². The minimum atomic E-state index is 0.106. The van der Waals surface area contributed by atoms with E-state index in [1.54, 1.807) is 0 Å². The summed E-state index contributed by atoms with van der Waals surface area (Å²) in [5.74, 6) is 1.34. The van der Waals surface area contributed by atoms with E-state index in [9.17, 15) is 0 Å². The van der Waals surface area contributed by atoms with Gasteiger partial charge in [0.1, 0.15) is 0 Å². The van der Waals surface area contributed by atoms with Crippen LogP contribution in [-0.4, -0.2) is 37.4 Å². The minimum absolute atomic E-state index is 0.106. The largest absolute Gasteiger partial charge is 0.337 e. The maximum atomic E-state index is 5.57. The van der Waals surface area contributed by atoms with E-state index in [-0.39, 0.29) is 6.04 Å². The van der Waals surface area contributed by atoms with E-state index in [0.29, 0.717) is 17.8 Å². The van der Waals surface area contributed by atoms with Crippen molar-refractivity contribution in [3.05, 3.63) is 54.2 Å². The smallest absolute Gasteiger partial charge is 0.244 e. The van der Waals surface area contributed by atoms with Crippen molar-refractivity contribution in [2.75, 3.05) is 6.54 Å². The van der Waals surface area contributed by atoms with E-state index in [0.717, 1.165) is 18.7 Å². The van der Waals surface area contributed by atoms with E-state index in [4.69, 9.17) is 4.52 Å². The molecule has 0 saturated carbocycles. The van der Waals surface area contributed by atoms with E-state index in [1.165, 1.54) is 18.4 Å². The zero-order chi connectivity index (χ0) is 17.2. The van der Waals surface area contributed by atoms with Gasteiger partial charge in [-0.05, 0) is 38.8 Å². The average Bonchev–Trinajstić information content (AvgIpc) is 3.37. The molecule has 0 radical (unpaired) electrons. The second-order valence-electron chi connectivity index (χ2n) is 6.77. The highest BCUT2D eigenvalue weighted by Crippen LogP contribution is 2.30. The zero-order valence-corrected chi connectivity index (χ0v) is 14.7. The molecule has 0 bridgehead atoms. The molecule has 3 heterocycles. The van der Waals surface area contributed by atoms with Crippen molar-refractivity contribution in [1.82, 2.24) is 24.8 Å². The number of nitrogens with zero attached hydrogens (tertiary/aromatic N) is 5. The molecular weight excluding hydrogens is 314 g/mol. The summed E-state index contributed by atoms with van der Waals surface area (Å²) in [4.78, 5) is 7.09. The summed E-state index contributed by atoms with van der Waals surface area (Å²) >= 11 is 0. The van der Waals surface area contributed by atoms with Gasteiger partial charge in [-0.25, -0.2) is 0 Å². The molecule has 6 nitrogen and oxygen atoms in total. The van der Waals surface area contributed by atoms with Crippen LogP contribution >= 0.6 is 0 Å². The monoisotopic (exact) mass is 337 g/mol. The predicted molar refractivity (Wildman–Crippen MR) is 94.8 cm³/mol. The minimum Gasteiger partial charge on any atom is -0.337 e. The summed E-state index contributed by atoms with van der Waals surface area (Å²) < 4.78 is 7.61. The maximum Gasteiger partial charge on any atom is 0.244 e. The molecule has 1 aliphatic rings. The topological polar surface area (TPSA) is 60.0 Å². The fraction of sp³-hybridized carbons (Fsp3) is 0.421. The van der Waals surface area contributed by atoms with Gasteiger partial charge in [0.15, 0.2) is 0 Å². The first-order valence-electron chi connectivity index (χ1n) is 8.84. The van der Waals surface area contributed by atoms with Gasteiger partial charge in [-0.15, -0.1) is 0 Å². The number of hydrogen-bond acceptors (Lipinski definition) is 5.